The lowest BCUT2D eigenvalue weighted by Gasteiger charge is -2.32. The largest absolute Gasteiger partial charge is 0.459 e. The monoisotopic (exact) mass is 558 g/mol. The number of benzene rings is 1. The Morgan fingerprint density at radius 3 is 2.68 bits per heavy atom. The highest BCUT2D eigenvalue weighted by Gasteiger charge is 2.38. The van der Waals surface area contributed by atoms with Crippen molar-refractivity contribution >= 4 is 12.0 Å². The molecule has 2 aliphatic heterocycles. The average Bonchev–Trinajstić information content (AvgIpc) is 3.77. The third-order valence-electron chi connectivity index (χ3n) is 9.40. The van der Waals surface area contributed by atoms with E-state index in [-0.39, 0.29) is 30.2 Å². The Kier molecular flexibility index (Phi) is 12.1. The molecular formula is C38H54O3. The van der Waals surface area contributed by atoms with Crippen molar-refractivity contribution in [3.8, 4) is 0 Å². The molecule has 1 saturated carbocycles. The average molecular weight is 559 g/mol. The fourth-order valence-corrected chi connectivity index (χ4v) is 7.02. The molecule has 7 unspecified atom stereocenters. The van der Waals surface area contributed by atoms with Gasteiger partial charge in [0.25, 0.3) is 0 Å². The quantitative estimate of drug-likeness (QED) is 0.257. The van der Waals surface area contributed by atoms with Gasteiger partial charge in [-0.15, -0.1) is 0 Å². The molecule has 3 heteroatoms. The summed E-state index contributed by atoms with van der Waals surface area (Å²) in [7, 11) is 0. The molecule has 2 heterocycles. The summed E-state index contributed by atoms with van der Waals surface area (Å²) in [6.07, 6.45) is 24.3. The maximum Gasteiger partial charge on any atom is 0.330 e. The summed E-state index contributed by atoms with van der Waals surface area (Å²) in [5, 5.41) is 0. The molecule has 0 N–H and O–H groups in total. The first kappa shape index (κ1) is 31.5. The van der Waals surface area contributed by atoms with Crippen LogP contribution in [-0.4, -0.2) is 24.3 Å². The zero-order valence-electron chi connectivity index (χ0n) is 26.1. The lowest BCUT2D eigenvalue weighted by molar-refractivity contribution is -0.146. The molecule has 1 fully saturated rings. The summed E-state index contributed by atoms with van der Waals surface area (Å²) < 4.78 is 12.7. The standard InChI is InChI=1S/C38H54O3/c1-6-10-33(20-19-31-12-7-11-27(2)24-31)37-26-36(32-21-22-32)30(5)18-17-28(3)23-29(4)25-35-15-8-13-34(40-35)14-9-16-38(39)41-37/h7-9,11-13,16,19-20,24,29-30,32-37H,3,6,10,14-15,17-18,21-23,25-26H2,1-2,4-5H3/b16-9-,20-19+. The number of fused-ring (bicyclic) bond motifs is 2. The molecule has 41 heavy (non-hydrogen) atoms. The van der Waals surface area contributed by atoms with Crippen molar-refractivity contribution in [2.24, 2.45) is 29.6 Å². The van der Waals surface area contributed by atoms with E-state index in [0.29, 0.717) is 24.2 Å². The normalized spacial score (nSPS) is 32.2. The molecular weight excluding hydrogens is 504 g/mol. The smallest absolute Gasteiger partial charge is 0.330 e. The van der Waals surface area contributed by atoms with E-state index < -0.39 is 0 Å². The molecule has 0 aromatic heterocycles. The molecule has 1 aliphatic carbocycles. The van der Waals surface area contributed by atoms with Crippen LogP contribution in [0.25, 0.3) is 6.08 Å². The number of hydrogen-bond acceptors (Lipinski definition) is 3. The molecule has 3 nitrogen and oxygen atoms in total. The van der Waals surface area contributed by atoms with Gasteiger partial charge in [0.05, 0.1) is 12.2 Å². The zero-order chi connectivity index (χ0) is 29.2. The highest BCUT2D eigenvalue weighted by Crippen LogP contribution is 2.45. The molecule has 3 aliphatic rings. The Balaban J connectivity index is 1.57. The summed E-state index contributed by atoms with van der Waals surface area (Å²) in [5.41, 5.74) is 3.84. The van der Waals surface area contributed by atoms with Crippen LogP contribution in [0.2, 0.25) is 0 Å². The van der Waals surface area contributed by atoms with Gasteiger partial charge in [-0.05, 0) is 100 Å². The third kappa shape index (κ3) is 10.4. The van der Waals surface area contributed by atoms with Crippen LogP contribution < -0.4 is 0 Å². The van der Waals surface area contributed by atoms with Crippen LogP contribution in [0.4, 0.5) is 0 Å². The van der Waals surface area contributed by atoms with Crippen molar-refractivity contribution < 1.29 is 14.3 Å². The zero-order valence-corrected chi connectivity index (χ0v) is 26.1. The summed E-state index contributed by atoms with van der Waals surface area (Å²) in [6, 6.07) is 8.61. The van der Waals surface area contributed by atoms with Crippen molar-refractivity contribution in [2.45, 2.75) is 117 Å². The second kappa shape index (κ2) is 15.7. The Hall–Kier alpha value is -2.39. The Labute approximate surface area is 250 Å². The lowest BCUT2D eigenvalue weighted by Crippen LogP contribution is -2.31. The Morgan fingerprint density at radius 1 is 1.10 bits per heavy atom. The van der Waals surface area contributed by atoms with E-state index in [1.165, 1.54) is 29.5 Å². The van der Waals surface area contributed by atoms with Gasteiger partial charge in [0.15, 0.2) is 0 Å². The van der Waals surface area contributed by atoms with E-state index >= 15 is 0 Å². The molecule has 1 aromatic rings. The van der Waals surface area contributed by atoms with E-state index in [1.54, 1.807) is 6.08 Å². The SMILES string of the molecule is C=C1CCC(C)C(C2CC2)CC(C(/C=C/c2cccc(C)c2)CCC)OC(=O)/C=C\CC2C=CCC(CC(C)C1)O2. The molecule has 0 spiro atoms. The Morgan fingerprint density at radius 2 is 1.93 bits per heavy atom. The summed E-state index contributed by atoms with van der Waals surface area (Å²) in [5.74, 6) is 2.45. The van der Waals surface area contributed by atoms with E-state index in [2.05, 4.69) is 82.8 Å². The Bertz CT molecular complexity index is 1080. The second-order valence-electron chi connectivity index (χ2n) is 13.3. The maximum absolute atomic E-state index is 13.2. The molecule has 4 rings (SSSR count). The number of carbonyl (C=O) groups excluding carboxylic acids is 1. The van der Waals surface area contributed by atoms with Crippen LogP contribution in [-0.2, 0) is 14.3 Å². The number of ether oxygens (including phenoxy) is 2. The van der Waals surface area contributed by atoms with Crippen molar-refractivity contribution in [3.63, 3.8) is 0 Å². The number of rotatable bonds is 6. The second-order valence-corrected chi connectivity index (χ2v) is 13.3. The molecule has 1 aromatic carbocycles. The predicted molar refractivity (Wildman–Crippen MR) is 171 cm³/mol. The first-order valence-corrected chi connectivity index (χ1v) is 16.4. The van der Waals surface area contributed by atoms with Crippen LogP contribution >= 0.6 is 0 Å². The van der Waals surface area contributed by atoms with E-state index in [0.717, 1.165) is 57.3 Å². The van der Waals surface area contributed by atoms with Crippen molar-refractivity contribution in [3.05, 3.63) is 77.9 Å². The van der Waals surface area contributed by atoms with Crippen LogP contribution in [0.5, 0.6) is 0 Å². The number of cyclic esters (lactones) is 1. The van der Waals surface area contributed by atoms with Crippen molar-refractivity contribution in [1.82, 2.24) is 0 Å². The first-order chi connectivity index (χ1) is 19.8. The minimum atomic E-state index is -0.221. The van der Waals surface area contributed by atoms with E-state index in [1.807, 2.05) is 6.08 Å². The van der Waals surface area contributed by atoms with Crippen molar-refractivity contribution in [1.29, 1.82) is 0 Å². The molecule has 2 bridgehead atoms. The van der Waals surface area contributed by atoms with Crippen molar-refractivity contribution in [2.75, 3.05) is 0 Å². The number of hydrogen-bond donors (Lipinski definition) is 0. The molecule has 0 amide bonds. The van der Waals surface area contributed by atoms with Gasteiger partial charge in [-0.2, -0.15) is 0 Å². The van der Waals surface area contributed by atoms with E-state index in [9.17, 15) is 4.79 Å². The summed E-state index contributed by atoms with van der Waals surface area (Å²) in [6.45, 7) is 13.6. The third-order valence-corrected chi connectivity index (χ3v) is 9.40. The minimum absolute atomic E-state index is 0.0214. The minimum Gasteiger partial charge on any atom is -0.459 e. The number of aryl methyl sites for hydroxylation is 1. The summed E-state index contributed by atoms with van der Waals surface area (Å²) >= 11 is 0. The van der Waals surface area contributed by atoms with Crippen LogP contribution in [0.15, 0.2) is 66.8 Å². The van der Waals surface area contributed by atoms with E-state index in [4.69, 9.17) is 9.47 Å². The molecule has 0 radical (unpaired) electrons. The van der Waals surface area contributed by atoms with Gasteiger partial charge in [0.1, 0.15) is 6.10 Å². The topological polar surface area (TPSA) is 35.5 Å². The first-order valence-electron chi connectivity index (χ1n) is 16.4. The summed E-state index contributed by atoms with van der Waals surface area (Å²) in [4.78, 5) is 13.2. The van der Waals surface area contributed by atoms with Gasteiger partial charge in [-0.1, -0.05) is 99.6 Å². The van der Waals surface area contributed by atoms with Crippen LogP contribution in [0.3, 0.4) is 0 Å². The highest BCUT2D eigenvalue weighted by molar-refractivity contribution is 5.82. The van der Waals surface area contributed by atoms with Gasteiger partial charge >= 0.3 is 5.97 Å². The van der Waals surface area contributed by atoms with Gasteiger partial charge in [0, 0.05) is 12.0 Å². The molecule has 0 saturated heterocycles. The maximum atomic E-state index is 13.2. The fraction of sp³-hybridized carbons (Fsp3) is 0.605. The van der Waals surface area contributed by atoms with Gasteiger partial charge < -0.3 is 9.47 Å². The van der Waals surface area contributed by atoms with Crippen LogP contribution in [0, 0.1) is 36.5 Å². The van der Waals surface area contributed by atoms with Gasteiger partial charge in [-0.25, -0.2) is 4.79 Å². The number of carbonyl (C=O) groups is 1. The number of allylic oxidation sites excluding steroid dienone is 1. The van der Waals surface area contributed by atoms with Crippen LogP contribution in [0.1, 0.15) is 103 Å². The predicted octanol–water partition coefficient (Wildman–Crippen LogP) is 9.82. The number of esters is 1. The van der Waals surface area contributed by atoms with Gasteiger partial charge in [0.2, 0.25) is 0 Å². The van der Waals surface area contributed by atoms with Gasteiger partial charge in [-0.3, -0.25) is 0 Å². The lowest BCUT2D eigenvalue weighted by atomic mass is 9.78. The molecule has 224 valence electrons. The fourth-order valence-electron chi connectivity index (χ4n) is 7.02. The highest BCUT2D eigenvalue weighted by atomic mass is 16.5. The molecule has 7 atom stereocenters.